The zero-order chi connectivity index (χ0) is 11.6. The molecule has 1 fully saturated rings. The molecule has 2 rings (SSSR count). The Morgan fingerprint density at radius 3 is 2.69 bits per heavy atom. The molecule has 6 heteroatoms. The fraction of sp³-hybridized carbons (Fsp3) is 0.700. The summed E-state index contributed by atoms with van der Waals surface area (Å²) < 4.78 is 37.1. The minimum Gasteiger partial charge on any atom is -0.380 e. The van der Waals surface area contributed by atoms with Crippen molar-refractivity contribution in [3.8, 4) is 0 Å². The maximum atomic E-state index is 12.1. The van der Waals surface area contributed by atoms with Crippen LogP contribution in [0, 0.1) is 0 Å². The van der Waals surface area contributed by atoms with Gasteiger partial charge in [-0.15, -0.1) is 0 Å². The first kappa shape index (κ1) is 11.3. The summed E-state index contributed by atoms with van der Waals surface area (Å²) >= 11 is 0. The normalized spacial score (nSPS) is 17.9. The standard InChI is InChI=1S/C10H14F3N3/c11-10(12,13)7-16-6-9(5-14-16)15-8-3-1-2-4-8/h5-6,8,15H,1-4,7H2. The SMILES string of the molecule is FC(F)(F)Cn1cc(NC2CCCC2)cn1. The molecule has 1 aromatic rings. The van der Waals surface area contributed by atoms with Gasteiger partial charge < -0.3 is 5.32 Å². The van der Waals surface area contributed by atoms with Gasteiger partial charge in [0.2, 0.25) is 0 Å². The molecule has 1 aliphatic rings. The number of rotatable bonds is 3. The van der Waals surface area contributed by atoms with Crippen LogP contribution in [0.2, 0.25) is 0 Å². The summed E-state index contributed by atoms with van der Waals surface area (Å²) in [6, 6.07) is 0.392. The van der Waals surface area contributed by atoms with Crippen LogP contribution in [0.5, 0.6) is 0 Å². The van der Waals surface area contributed by atoms with Crippen molar-refractivity contribution in [1.29, 1.82) is 0 Å². The average molecular weight is 233 g/mol. The Kier molecular flexibility index (Phi) is 3.07. The molecule has 0 aliphatic heterocycles. The number of alkyl halides is 3. The molecule has 16 heavy (non-hydrogen) atoms. The molecule has 0 spiro atoms. The van der Waals surface area contributed by atoms with Gasteiger partial charge in [-0.3, -0.25) is 4.68 Å². The van der Waals surface area contributed by atoms with Gasteiger partial charge in [0.05, 0.1) is 11.9 Å². The van der Waals surface area contributed by atoms with Crippen LogP contribution in [0.3, 0.4) is 0 Å². The molecule has 0 saturated heterocycles. The second-order valence-electron chi connectivity index (χ2n) is 4.17. The van der Waals surface area contributed by atoms with Gasteiger partial charge in [0, 0.05) is 12.2 Å². The van der Waals surface area contributed by atoms with Gasteiger partial charge in [0.1, 0.15) is 6.54 Å². The van der Waals surface area contributed by atoms with Crippen molar-refractivity contribution in [1.82, 2.24) is 9.78 Å². The van der Waals surface area contributed by atoms with Crippen molar-refractivity contribution in [2.45, 2.75) is 44.4 Å². The summed E-state index contributed by atoms with van der Waals surface area (Å²) in [6.45, 7) is -1.03. The summed E-state index contributed by atoms with van der Waals surface area (Å²) in [4.78, 5) is 0. The molecule has 0 unspecified atom stereocenters. The molecule has 90 valence electrons. The van der Waals surface area contributed by atoms with Crippen LogP contribution in [0.15, 0.2) is 12.4 Å². The van der Waals surface area contributed by atoms with Crippen LogP contribution in [-0.2, 0) is 6.54 Å². The van der Waals surface area contributed by atoms with Crippen LogP contribution >= 0.6 is 0 Å². The predicted molar refractivity (Wildman–Crippen MR) is 54.2 cm³/mol. The molecule has 0 amide bonds. The molecule has 1 aromatic heterocycles. The quantitative estimate of drug-likeness (QED) is 0.870. The van der Waals surface area contributed by atoms with Crippen molar-refractivity contribution in [2.24, 2.45) is 0 Å². The van der Waals surface area contributed by atoms with E-state index in [-0.39, 0.29) is 0 Å². The predicted octanol–water partition coefficient (Wildman–Crippen LogP) is 2.80. The van der Waals surface area contributed by atoms with E-state index in [9.17, 15) is 13.2 Å². The second kappa shape index (κ2) is 4.35. The van der Waals surface area contributed by atoms with Gasteiger partial charge in [-0.1, -0.05) is 12.8 Å². The maximum Gasteiger partial charge on any atom is 0.408 e. The highest BCUT2D eigenvalue weighted by Gasteiger charge is 2.28. The zero-order valence-corrected chi connectivity index (χ0v) is 8.80. The van der Waals surface area contributed by atoms with E-state index in [1.165, 1.54) is 25.2 Å². The molecule has 1 aliphatic carbocycles. The topological polar surface area (TPSA) is 29.9 Å². The van der Waals surface area contributed by atoms with E-state index in [0.717, 1.165) is 17.5 Å². The summed E-state index contributed by atoms with van der Waals surface area (Å²) in [5.41, 5.74) is 0.677. The maximum absolute atomic E-state index is 12.1. The lowest BCUT2D eigenvalue weighted by Crippen LogP contribution is -2.18. The van der Waals surface area contributed by atoms with Crippen LogP contribution < -0.4 is 5.32 Å². The van der Waals surface area contributed by atoms with Crippen LogP contribution in [0.1, 0.15) is 25.7 Å². The van der Waals surface area contributed by atoms with Crippen molar-refractivity contribution < 1.29 is 13.2 Å². The third kappa shape index (κ3) is 3.15. The first-order chi connectivity index (χ1) is 7.53. The monoisotopic (exact) mass is 233 g/mol. The van der Waals surface area contributed by atoms with Crippen molar-refractivity contribution >= 4 is 5.69 Å². The fourth-order valence-electron chi connectivity index (χ4n) is 2.01. The van der Waals surface area contributed by atoms with Crippen LogP contribution in [0.25, 0.3) is 0 Å². The van der Waals surface area contributed by atoms with E-state index >= 15 is 0 Å². The smallest absolute Gasteiger partial charge is 0.380 e. The van der Waals surface area contributed by atoms with E-state index in [1.54, 1.807) is 0 Å². The molecule has 0 aromatic carbocycles. The minimum absolute atomic E-state index is 0.392. The van der Waals surface area contributed by atoms with Crippen molar-refractivity contribution in [3.05, 3.63) is 12.4 Å². The largest absolute Gasteiger partial charge is 0.408 e. The molecule has 3 nitrogen and oxygen atoms in total. The van der Waals surface area contributed by atoms with E-state index in [0.29, 0.717) is 11.7 Å². The van der Waals surface area contributed by atoms with E-state index in [4.69, 9.17) is 0 Å². The van der Waals surface area contributed by atoms with Gasteiger partial charge in [-0.2, -0.15) is 18.3 Å². The molecule has 1 heterocycles. The number of aromatic nitrogens is 2. The summed E-state index contributed by atoms with van der Waals surface area (Å²) in [5, 5.41) is 6.87. The third-order valence-corrected chi connectivity index (χ3v) is 2.70. The highest BCUT2D eigenvalue weighted by molar-refractivity contribution is 5.39. The minimum atomic E-state index is -4.21. The molecular formula is C10H14F3N3. The summed E-state index contributed by atoms with van der Waals surface area (Å²) in [7, 11) is 0. The number of halogens is 3. The van der Waals surface area contributed by atoms with Gasteiger partial charge >= 0.3 is 6.18 Å². The number of anilines is 1. The number of nitrogens with one attached hydrogen (secondary N) is 1. The highest BCUT2D eigenvalue weighted by atomic mass is 19.4. The molecular weight excluding hydrogens is 219 g/mol. The Hall–Kier alpha value is -1.20. The number of nitrogens with zero attached hydrogens (tertiary/aromatic N) is 2. The van der Waals surface area contributed by atoms with E-state index in [1.807, 2.05) is 0 Å². The number of hydrogen-bond donors (Lipinski definition) is 1. The molecule has 0 atom stereocenters. The zero-order valence-electron chi connectivity index (χ0n) is 8.80. The summed E-state index contributed by atoms with van der Waals surface area (Å²) in [5.74, 6) is 0. The first-order valence-electron chi connectivity index (χ1n) is 5.39. The van der Waals surface area contributed by atoms with E-state index in [2.05, 4.69) is 10.4 Å². The highest BCUT2D eigenvalue weighted by Crippen LogP contribution is 2.23. The lowest BCUT2D eigenvalue weighted by atomic mass is 10.2. The molecule has 1 N–H and O–H groups in total. The van der Waals surface area contributed by atoms with Crippen molar-refractivity contribution in [3.63, 3.8) is 0 Å². The van der Waals surface area contributed by atoms with Crippen LogP contribution in [-0.4, -0.2) is 22.0 Å². The lowest BCUT2D eigenvalue weighted by Gasteiger charge is -2.10. The average Bonchev–Trinajstić information content (AvgIpc) is 2.75. The van der Waals surface area contributed by atoms with E-state index < -0.39 is 12.7 Å². The summed E-state index contributed by atoms with van der Waals surface area (Å²) in [6.07, 6.45) is 3.20. The third-order valence-electron chi connectivity index (χ3n) is 2.70. The Balaban J connectivity index is 1.91. The van der Waals surface area contributed by atoms with Gasteiger partial charge in [0.25, 0.3) is 0 Å². The number of hydrogen-bond acceptors (Lipinski definition) is 2. The Labute approximate surface area is 91.6 Å². The molecule has 0 bridgehead atoms. The van der Waals surface area contributed by atoms with Crippen molar-refractivity contribution in [2.75, 3.05) is 5.32 Å². The van der Waals surface area contributed by atoms with Crippen LogP contribution in [0.4, 0.5) is 18.9 Å². The van der Waals surface area contributed by atoms with Gasteiger partial charge in [-0.25, -0.2) is 0 Å². The lowest BCUT2D eigenvalue weighted by molar-refractivity contribution is -0.142. The Morgan fingerprint density at radius 1 is 1.38 bits per heavy atom. The molecule has 0 radical (unpaired) electrons. The Morgan fingerprint density at radius 2 is 2.06 bits per heavy atom. The van der Waals surface area contributed by atoms with Gasteiger partial charge in [0.15, 0.2) is 0 Å². The molecule has 1 saturated carbocycles. The first-order valence-corrected chi connectivity index (χ1v) is 5.39. The second-order valence-corrected chi connectivity index (χ2v) is 4.17. The Bertz CT molecular complexity index is 339. The van der Waals surface area contributed by atoms with Gasteiger partial charge in [-0.05, 0) is 12.8 Å². The fourth-order valence-corrected chi connectivity index (χ4v) is 2.01.